The van der Waals surface area contributed by atoms with Gasteiger partial charge in [0.05, 0.1) is 13.2 Å². The maximum absolute atomic E-state index is 12.4. The molecule has 2 aliphatic heterocycles. The predicted molar refractivity (Wildman–Crippen MR) is 96.6 cm³/mol. The van der Waals surface area contributed by atoms with Crippen molar-refractivity contribution in [3.63, 3.8) is 0 Å². The Hall–Kier alpha value is -2.08. The third kappa shape index (κ3) is 4.72. The Kier molecular flexibility index (Phi) is 5.91. The van der Waals surface area contributed by atoms with Crippen LogP contribution in [0.2, 0.25) is 0 Å². The minimum Gasteiger partial charge on any atom is -0.378 e. The maximum atomic E-state index is 12.4. The summed E-state index contributed by atoms with van der Waals surface area (Å²) in [6.45, 7) is 7.69. The van der Waals surface area contributed by atoms with Gasteiger partial charge in [-0.25, -0.2) is 0 Å². The van der Waals surface area contributed by atoms with Crippen molar-refractivity contribution in [1.29, 1.82) is 0 Å². The summed E-state index contributed by atoms with van der Waals surface area (Å²) in [5.74, 6) is 0.153. The number of carbonyl (C=O) groups excluding carboxylic acids is 2. The third-order valence-electron chi connectivity index (χ3n) is 4.92. The van der Waals surface area contributed by atoms with Gasteiger partial charge in [-0.05, 0) is 24.6 Å². The molecule has 0 bridgehead atoms. The zero-order valence-electron chi connectivity index (χ0n) is 14.9. The molecule has 0 saturated carbocycles. The average molecular weight is 345 g/mol. The molecule has 6 heteroatoms. The monoisotopic (exact) mass is 345 g/mol. The molecule has 1 aromatic carbocycles. The number of ether oxygens (including phenoxy) is 1. The molecule has 0 unspecified atom stereocenters. The number of anilines is 1. The third-order valence-corrected chi connectivity index (χ3v) is 4.92. The van der Waals surface area contributed by atoms with E-state index in [1.807, 2.05) is 4.90 Å². The molecule has 25 heavy (non-hydrogen) atoms. The van der Waals surface area contributed by atoms with Crippen LogP contribution in [0.5, 0.6) is 0 Å². The Morgan fingerprint density at radius 1 is 0.920 bits per heavy atom. The van der Waals surface area contributed by atoms with E-state index in [1.165, 1.54) is 11.3 Å². The molecular formula is C19H27N3O3. The Bertz CT molecular complexity index is 606. The van der Waals surface area contributed by atoms with E-state index in [0.717, 1.165) is 26.2 Å². The largest absolute Gasteiger partial charge is 0.378 e. The number of piperazine rings is 1. The van der Waals surface area contributed by atoms with Gasteiger partial charge in [0, 0.05) is 57.8 Å². The molecule has 2 saturated heterocycles. The van der Waals surface area contributed by atoms with Crippen LogP contribution >= 0.6 is 0 Å². The quantitative estimate of drug-likeness (QED) is 0.825. The molecule has 6 nitrogen and oxygen atoms in total. The van der Waals surface area contributed by atoms with Gasteiger partial charge in [0.25, 0.3) is 0 Å². The molecule has 0 N–H and O–H groups in total. The normalized spacial score (nSPS) is 18.4. The van der Waals surface area contributed by atoms with Gasteiger partial charge >= 0.3 is 0 Å². The zero-order valence-corrected chi connectivity index (χ0v) is 14.9. The Balaban J connectivity index is 1.43. The van der Waals surface area contributed by atoms with Crippen molar-refractivity contribution in [2.75, 3.05) is 57.4 Å². The van der Waals surface area contributed by atoms with E-state index >= 15 is 0 Å². The molecule has 136 valence electrons. The van der Waals surface area contributed by atoms with Crippen LogP contribution in [0.3, 0.4) is 0 Å². The summed E-state index contributed by atoms with van der Waals surface area (Å²) < 4.78 is 5.25. The van der Waals surface area contributed by atoms with Gasteiger partial charge in [-0.1, -0.05) is 12.1 Å². The highest BCUT2D eigenvalue weighted by Gasteiger charge is 2.23. The topological polar surface area (TPSA) is 53.1 Å². The summed E-state index contributed by atoms with van der Waals surface area (Å²) >= 11 is 0. The molecule has 2 heterocycles. The molecule has 0 aromatic heterocycles. The van der Waals surface area contributed by atoms with Crippen molar-refractivity contribution in [2.45, 2.75) is 19.8 Å². The molecule has 2 amide bonds. The van der Waals surface area contributed by atoms with Gasteiger partial charge in [0.15, 0.2) is 0 Å². The smallest absolute Gasteiger partial charge is 0.223 e. The zero-order chi connectivity index (χ0) is 17.6. The average Bonchev–Trinajstić information content (AvgIpc) is 2.66. The highest BCUT2D eigenvalue weighted by atomic mass is 16.5. The first-order valence-corrected chi connectivity index (χ1v) is 9.08. The standard InChI is InChI=1S/C19H27N3O3/c1-16-3-2-4-17(15-16)20-7-9-21(10-8-20)18(23)5-6-19(24)22-11-13-25-14-12-22/h2-4,15H,5-14H2,1H3. The highest BCUT2D eigenvalue weighted by Crippen LogP contribution is 2.18. The van der Waals surface area contributed by atoms with Gasteiger partial charge in [-0.2, -0.15) is 0 Å². The maximum Gasteiger partial charge on any atom is 0.223 e. The van der Waals surface area contributed by atoms with Crippen LogP contribution in [0.25, 0.3) is 0 Å². The molecule has 0 radical (unpaired) electrons. The van der Waals surface area contributed by atoms with E-state index in [0.29, 0.717) is 39.1 Å². The summed E-state index contributed by atoms with van der Waals surface area (Å²) in [4.78, 5) is 30.5. The highest BCUT2D eigenvalue weighted by molar-refractivity contribution is 5.84. The first kappa shape index (κ1) is 17.7. The molecule has 1 aromatic rings. The van der Waals surface area contributed by atoms with Crippen LogP contribution in [0.1, 0.15) is 18.4 Å². The molecule has 2 fully saturated rings. The molecular weight excluding hydrogens is 318 g/mol. The van der Waals surface area contributed by atoms with Crippen molar-refractivity contribution in [2.24, 2.45) is 0 Å². The second kappa shape index (κ2) is 8.34. The Labute approximate surface area is 149 Å². The second-order valence-electron chi connectivity index (χ2n) is 6.70. The summed E-state index contributed by atoms with van der Waals surface area (Å²) in [5.41, 5.74) is 2.47. The van der Waals surface area contributed by atoms with Gasteiger partial charge in [0.1, 0.15) is 0 Å². The van der Waals surface area contributed by atoms with Crippen LogP contribution < -0.4 is 4.90 Å². The Morgan fingerprint density at radius 2 is 1.52 bits per heavy atom. The number of hydrogen-bond acceptors (Lipinski definition) is 4. The number of amides is 2. The lowest BCUT2D eigenvalue weighted by Gasteiger charge is -2.36. The molecule has 2 aliphatic rings. The summed E-state index contributed by atoms with van der Waals surface area (Å²) in [6, 6.07) is 8.46. The number of aryl methyl sites for hydroxylation is 1. The number of morpholine rings is 1. The molecule has 0 spiro atoms. The lowest BCUT2D eigenvalue weighted by molar-refractivity contribution is -0.139. The fourth-order valence-corrected chi connectivity index (χ4v) is 3.38. The lowest BCUT2D eigenvalue weighted by Crippen LogP contribution is -2.49. The predicted octanol–water partition coefficient (Wildman–Crippen LogP) is 1.28. The van der Waals surface area contributed by atoms with Crippen molar-refractivity contribution in [1.82, 2.24) is 9.80 Å². The minimum atomic E-state index is 0.0649. The van der Waals surface area contributed by atoms with Crippen LogP contribution in [-0.4, -0.2) is 74.1 Å². The van der Waals surface area contributed by atoms with Gasteiger partial charge in [0.2, 0.25) is 11.8 Å². The van der Waals surface area contributed by atoms with Crippen molar-refractivity contribution in [3.05, 3.63) is 29.8 Å². The molecule has 0 aliphatic carbocycles. The van der Waals surface area contributed by atoms with Crippen LogP contribution in [0, 0.1) is 6.92 Å². The number of benzene rings is 1. The summed E-state index contributed by atoms with van der Waals surface area (Å²) in [7, 11) is 0. The van der Waals surface area contributed by atoms with Gasteiger partial charge in [-0.15, -0.1) is 0 Å². The lowest BCUT2D eigenvalue weighted by atomic mass is 10.1. The van der Waals surface area contributed by atoms with E-state index in [4.69, 9.17) is 4.74 Å². The van der Waals surface area contributed by atoms with Gasteiger partial charge in [-0.3, -0.25) is 9.59 Å². The number of rotatable bonds is 4. The SMILES string of the molecule is Cc1cccc(N2CCN(C(=O)CCC(=O)N3CCOCC3)CC2)c1. The van der Waals surface area contributed by atoms with E-state index in [2.05, 4.69) is 36.1 Å². The second-order valence-corrected chi connectivity index (χ2v) is 6.70. The van der Waals surface area contributed by atoms with E-state index in [1.54, 1.807) is 4.90 Å². The van der Waals surface area contributed by atoms with Gasteiger partial charge < -0.3 is 19.4 Å². The van der Waals surface area contributed by atoms with Crippen LogP contribution in [0.4, 0.5) is 5.69 Å². The number of nitrogens with zero attached hydrogens (tertiary/aromatic N) is 3. The van der Waals surface area contributed by atoms with Crippen molar-refractivity contribution < 1.29 is 14.3 Å². The molecule has 0 atom stereocenters. The fraction of sp³-hybridized carbons (Fsp3) is 0.579. The van der Waals surface area contributed by atoms with Crippen LogP contribution in [0.15, 0.2) is 24.3 Å². The van der Waals surface area contributed by atoms with Crippen molar-refractivity contribution >= 4 is 17.5 Å². The first-order valence-electron chi connectivity index (χ1n) is 9.08. The van der Waals surface area contributed by atoms with Crippen molar-refractivity contribution in [3.8, 4) is 0 Å². The molecule has 3 rings (SSSR count). The van der Waals surface area contributed by atoms with Crippen LogP contribution in [-0.2, 0) is 14.3 Å². The van der Waals surface area contributed by atoms with E-state index in [9.17, 15) is 9.59 Å². The summed E-state index contributed by atoms with van der Waals surface area (Å²) in [6.07, 6.45) is 0.609. The summed E-state index contributed by atoms with van der Waals surface area (Å²) in [5, 5.41) is 0. The fourth-order valence-electron chi connectivity index (χ4n) is 3.38. The van der Waals surface area contributed by atoms with E-state index in [-0.39, 0.29) is 11.8 Å². The van der Waals surface area contributed by atoms with E-state index < -0.39 is 0 Å². The number of hydrogen-bond donors (Lipinski definition) is 0. The Morgan fingerprint density at radius 3 is 2.12 bits per heavy atom. The first-order chi connectivity index (χ1) is 12.1. The minimum absolute atomic E-state index is 0.0649. The number of carbonyl (C=O) groups is 2.